The number of hydrogen-bond donors (Lipinski definition) is 0. The van der Waals surface area contributed by atoms with Gasteiger partial charge in [0.15, 0.2) is 0 Å². The maximum absolute atomic E-state index is 6.64. The lowest BCUT2D eigenvalue weighted by Gasteiger charge is -2.27. The molecule has 0 spiro atoms. The highest BCUT2D eigenvalue weighted by molar-refractivity contribution is 8.76. The van der Waals surface area contributed by atoms with Gasteiger partial charge in [-0.25, -0.2) is 0 Å². The van der Waals surface area contributed by atoms with Gasteiger partial charge in [-0.05, 0) is 25.7 Å². The van der Waals surface area contributed by atoms with E-state index >= 15 is 0 Å². The molecule has 0 saturated carbocycles. The molecule has 0 radical (unpaired) electrons. The fourth-order valence-electron chi connectivity index (χ4n) is 5.43. The van der Waals surface area contributed by atoms with Crippen molar-refractivity contribution < 1.29 is 9.47 Å². The van der Waals surface area contributed by atoms with E-state index in [1.54, 1.807) is 0 Å². The van der Waals surface area contributed by atoms with E-state index in [-0.39, 0.29) is 0 Å². The molecule has 0 aromatic carbocycles. The number of rotatable bonds is 31. The largest absolute Gasteiger partial charge is 0.382 e. The van der Waals surface area contributed by atoms with Gasteiger partial charge in [-0.1, -0.05) is 164 Å². The molecule has 0 saturated heterocycles. The van der Waals surface area contributed by atoms with Gasteiger partial charge in [0, 0.05) is 36.2 Å². The number of unbranched alkanes of at least 4 members (excludes halogenated alkanes) is 8. The van der Waals surface area contributed by atoms with Crippen molar-refractivity contribution in [2.24, 2.45) is 0 Å². The lowest BCUT2D eigenvalue weighted by Crippen LogP contribution is -2.34. The van der Waals surface area contributed by atoms with Crippen LogP contribution < -0.4 is 0 Å². The van der Waals surface area contributed by atoms with E-state index in [1.165, 1.54) is 138 Å². The summed E-state index contributed by atoms with van der Waals surface area (Å²) in [7, 11) is 2.61. The third kappa shape index (κ3) is 22.7. The molecule has 2 atom stereocenters. The minimum absolute atomic E-state index is 0.604. The molecule has 0 aromatic heterocycles. The average molecular weight is 607 g/mol. The number of ether oxygens (including phenoxy) is 2. The van der Waals surface area contributed by atoms with Gasteiger partial charge in [-0.15, -0.1) is 0 Å². The van der Waals surface area contributed by atoms with Gasteiger partial charge in [0.25, 0.3) is 0 Å². The molecular weight excluding hydrogens is 537 g/mol. The van der Waals surface area contributed by atoms with Crippen LogP contribution >= 0.6 is 21.6 Å². The Hall–Kier alpha value is 1.05. The van der Waals surface area contributed by atoms with Crippen LogP contribution in [-0.4, -0.2) is 53.8 Å². The monoisotopic (exact) mass is 606 g/mol. The van der Waals surface area contributed by atoms with Crippen LogP contribution in [0.15, 0.2) is 0 Å². The molecule has 2 unspecified atom stereocenters. The Balaban J connectivity index is 4.78. The molecule has 0 N–H and O–H groups in total. The van der Waals surface area contributed by atoms with Crippen molar-refractivity contribution in [2.75, 3.05) is 24.7 Å². The van der Waals surface area contributed by atoms with Crippen LogP contribution in [0.3, 0.4) is 0 Å². The first-order chi connectivity index (χ1) is 18.7. The molecular formula is C32H70O2S2Si2. The van der Waals surface area contributed by atoms with Crippen molar-refractivity contribution in [3.8, 4) is 0 Å². The van der Waals surface area contributed by atoms with Crippen LogP contribution in [0.4, 0.5) is 0 Å². The maximum atomic E-state index is 6.64. The Labute approximate surface area is 252 Å². The third-order valence-electron chi connectivity index (χ3n) is 7.98. The van der Waals surface area contributed by atoms with Crippen LogP contribution in [0.25, 0.3) is 0 Å². The summed E-state index contributed by atoms with van der Waals surface area (Å²) >= 11 is 0. The summed E-state index contributed by atoms with van der Waals surface area (Å²) in [5.41, 5.74) is 1.21. The van der Waals surface area contributed by atoms with Gasteiger partial charge in [0.1, 0.15) is 0 Å². The Morgan fingerprint density at radius 3 is 1.05 bits per heavy atom. The Morgan fingerprint density at radius 1 is 0.447 bits per heavy atom. The molecule has 0 aliphatic heterocycles. The first-order valence-electron chi connectivity index (χ1n) is 17.2. The van der Waals surface area contributed by atoms with Crippen molar-refractivity contribution in [1.82, 2.24) is 0 Å². The standard InChI is InChI=1S/C32H70O2S2Si2/c1-7-13-19-23-33-31(37(27-15-9-3)28-16-10-4)21-25-35-36-26-22-32(34-24-20-14-8-2)38(29-17-11-5)30-18-12-6/h31-32,37-38H,7-30H2,1-6H3. The second-order valence-electron chi connectivity index (χ2n) is 11.5. The quantitative estimate of drug-likeness (QED) is 0.0443. The lowest BCUT2D eigenvalue weighted by molar-refractivity contribution is 0.0959. The zero-order valence-electron chi connectivity index (χ0n) is 26.9. The van der Waals surface area contributed by atoms with Crippen LogP contribution in [0, 0.1) is 0 Å². The summed E-state index contributed by atoms with van der Waals surface area (Å²) in [5, 5.41) is 0. The third-order valence-corrected chi connectivity index (χ3v) is 18.2. The first-order valence-corrected chi connectivity index (χ1v) is 24.2. The maximum Gasteiger partial charge on any atom is 0.0717 e. The summed E-state index contributed by atoms with van der Waals surface area (Å²) in [4.78, 5) is 0. The first kappa shape index (κ1) is 39.1. The van der Waals surface area contributed by atoms with Crippen molar-refractivity contribution in [3.05, 3.63) is 0 Å². The molecule has 6 heteroatoms. The number of hydrogen-bond acceptors (Lipinski definition) is 4. The molecule has 2 nitrogen and oxygen atoms in total. The summed E-state index contributed by atoms with van der Waals surface area (Å²) in [6, 6.07) is 5.97. The Bertz CT molecular complexity index is 403. The molecule has 0 aliphatic carbocycles. The van der Waals surface area contributed by atoms with Crippen molar-refractivity contribution in [3.63, 3.8) is 0 Å². The van der Waals surface area contributed by atoms with E-state index in [0.29, 0.717) is 11.5 Å². The Kier molecular flexibility index (Phi) is 31.9. The van der Waals surface area contributed by atoms with Crippen LogP contribution in [-0.2, 0) is 9.47 Å². The topological polar surface area (TPSA) is 18.5 Å². The second kappa shape index (κ2) is 31.0. The predicted octanol–water partition coefficient (Wildman–Crippen LogP) is 11.0. The molecule has 0 bridgehead atoms. The minimum Gasteiger partial charge on any atom is -0.382 e. The van der Waals surface area contributed by atoms with Crippen LogP contribution in [0.2, 0.25) is 24.2 Å². The fraction of sp³-hybridized carbons (Fsp3) is 1.00. The zero-order valence-corrected chi connectivity index (χ0v) is 30.9. The molecule has 0 heterocycles. The highest BCUT2D eigenvalue weighted by Crippen LogP contribution is 2.28. The molecule has 0 aromatic rings. The fourth-order valence-corrected chi connectivity index (χ4v) is 16.0. The van der Waals surface area contributed by atoms with E-state index in [9.17, 15) is 0 Å². The highest BCUT2D eigenvalue weighted by Gasteiger charge is 2.24. The molecule has 0 fully saturated rings. The summed E-state index contributed by atoms with van der Waals surface area (Å²) in [6.45, 7) is 16.0. The molecule has 38 heavy (non-hydrogen) atoms. The van der Waals surface area contributed by atoms with Crippen LogP contribution in [0.5, 0.6) is 0 Å². The van der Waals surface area contributed by atoms with Gasteiger partial charge in [0.2, 0.25) is 0 Å². The molecule has 0 aliphatic rings. The molecule has 0 rings (SSSR count). The van der Waals surface area contributed by atoms with Crippen molar-refractivity contribution >= 4 is 39.2 Å². The SMILES string of the molecule is CCCCCOC(CCSSCCC(OCCCCC)[SiH](CCCC)CCCC)[SiH](CCCC)CCCC. The van der Waals surface area contributed by atoms with Crippen molar-refractivity contribution in [1.29, 1.82) is 0 Å². The van der Waals surface area contributed by atoms with Crippen LogP contribution in [0.1, 0.15) is 144 Å². The summed E-state index contributed by atoms with van der Waals surface area (Å²) in [6.07, 6.45) is 21.3. The van der Waals surface area contributed by atoms with Crippen molar-refractivity contribution in [2.45, 2.75) is 180 Å². The smallest absolute Gasteiger partial charge is 0.0717 e. The van der Waals surface area contributed by atoms with Gasteiger partial charge >= 0.3 is 0 Å². The van der Waals surface area contributed by atoms with Gasteiger partial charge < -0.3 is 9.47 Å². The summed E-state index contributed by atoms with van der Waals surface area (Å²) in [5.74, 6) is 2.53. The summed E-state index contributed by atoms with van der Waals surface area (Å²) < 4.78 is 13.3. The highest BCUT2D eigenvalue weighted by atomic mass is 33.1. The molecule has 0 amide bonds. The normalized spacial score (nSPS) is 13.6. The van der Waals surface area contributed by atoms with E-state index in [0.717, 1.165) is 13.2 Å². The average Bonchev–Trinajstić information content (AvgIpc) is 2.93. The van der Waals surface area contributed by atoms with E-state index in [4.69, 9.17) is 9.47 Å². The molecule has 230 valence electrons. The minimum atomic E-state index is -0.826. The zero-order chi connectivity index (χ0) is 28.1. The Morgan fingerprint density at radius 2 is 0.763 bits per heavy atom. The lowest BCUT2D eigenvalue weighted by atomic mass is 10.3. The van der Waals surface area contributed by atoms with Gasteiger partial charge in [-0.3, -0.25) is 0 Å². The predicted molar refractivity (Wildman–Crippen MR) is 186 cm³/mol. The second-order valence-corrected chi connectivity index (χ2v) is 21.1. The van der Waals surface area contributed by atoms with Gasteiger partial charge in [-0.2, -0.15) is 0 Å². The van der Waals surface area contributed by atoms with E-state index in [1.807, 2.05) is 0 Å². The van der Waals surface area contributed by atoms with Gasteiger partial charge in [0.05, 0.1) is 17.6 Å². The van der Waals surface area contributed by atoms with E-state index < -0.39 is 17.6 Å². The van der Waals surface area contributed by atoms with E-state index in [2.05, 4.69) is 63.1 Å².